The fourth-order valence-corrected chi connectivity index (χ4v) is 2.36. The third-order valence-electron chi connectivity index (χ3n) is 3.16. The van der Waals surface area contributed by atoms with Gasteiger partial charge in [0.15, 0.2) is 0 Å². The normalized spacial score (nSPS) is 21.2. The second-order valence-corrected chi connectivity index (χ2v) is 4.26. The van der Waals surface area contributed by atoms with Gasteiger partial charge in [-0.05, 0) is 44.7 Å². The highest BCUT2D eigenvalue weighted by Crippen LogP contribution is 2.30. The van der Waals surface area contributed by atoms with Crippen LogP contribution in [0.4, 0.5) is 0 Å². The molecule has 2 N–H and O–H groups in total. The molecule has 1 aromatic rings. The molecule has 1 aliphatic rings. The Morgan fingerprint density at radius 3 is 3.06 bits per heavy atom. The summed E-state index contributed by atoms with van der Waals surface area (Å²) in [5, 5.41) is 4.41. The lowest BCUT2D eigenvalue weighted by molar-refractivity contribution is 0.00904. The predicted molar refractivity (Wildman–Crippen MR) is 63.2 cm³/mol. The van der Waals surface area contributed by atoms with E-state index < -0.39 is 0 Å². The van der Waals surface area contributed by atoms with Crippen molar-refractivity contribution in [3.8, 4) is 0 Å². The van der Waals surface area contributed by atoms with Gasteiger partial charge in [-0.15, -0.1) is 0 Å². The van der Waals surface area contributed by atoms with Crippen LogP contribution >= 0.6 is 0 Å². The van der Waals surface area contributed by atoms with E-state index in [0.29, 0.717) is 6.54 Å². The van der Waals surface area contributed by atoms with Gasteiger partial charge in [0.1, 0.15) is 0 Å². The molecule has 1 atom stereocenters. The highest BCUT2D eigenvalue weighted by molar-refractivity contribution is 5.21. The Morgan fingerprint density at radius 2 is 2.44 bits per heavy atom. The smallest absolute Gasteiger partial charge is 0.0994 e. The molecule has 1 aromatic heterocycles. The van der Waals surface area contributed by atoms with Crippen molar-refractivity contribution in [1.82, 2.24) is 9.78 Å². The molecule has 16 heavy (non-hydrogen) atoms. The van der Waals surface area contributed by atoms with Gasteiger partial charge in [0.2, 0.25) is 0 Å². The lowest BCUT2D eigenvalue weighted by atomic mass is 10.0. The molecule has 0 spiro atoms. The largest absolute Gasteiger partial charge is 0.372 e. The highest BCUT2D eigenvalue weighted by Gasteiger charge is 2.22. The molecule has 0 saturated carbocycles. The molecule has 0 amide bonds. The highest BCUT2D eigenvalue weighted by atomic mass is 16.5. The predicted octanol–water partition coefficient (Wildman–Crippen LogP) is 1.65. The van der Waals surface area contributed by atoms with Crippen LogP contribution in [0, 0.1) is 0 Å². The quantitative estimate of drug-likeness (QED) is 0.844. The van der Waals surface area contributed by atoms with E-state index in [4.69, 9.17) is 10.5 Å². The Morgan fingerprint density at radius 1 is 1.56 bits per heavy atom. The molecule has 0 bridgehead atoms. The molecule has 1 saturated heterocycles. The molecule has 0 aliphatic carbocycles. The van der Waals surface area contributed by atoms with Crippen LogP contribution in [0.15, 0.2) is 6.20 Å². The Balaban J connectivity index is 2.23. The first-order valence-electron chi connectivity index (χ1n) is 6.23. The standard InChI is InChI=1S/C12H21N3O/c1-2-15-12(10(6-7-13)9-14-15)11-5-3-4-8-16-11/h9,11H,2-8,13H2,1H3. The van der Waals surface area contributed by atoms with Gasteiger partial charge in [0, 0.05) is 13.2 Å². The topological polar surface area (TPSA) is 53.1 Å². The molecule has 90 valence electrons. The minimum atomic E-state index is 0.234. The minimum Gasteiger partial charge on any atom is -0.372 e. The first-order valence-corrected chi connectivity index (χ1v) is 6.23. The Labute approximate surface area is 96.8 Å². The lowest BCUT2D eigenvalue weighted by Gasteiger charge is -2.24. The van der Waals surface area contributed by atoms with E-state index in [1.807, 2.05) is 6.20 Å². The van der Waals surface area contributed by atoms with E-state index in [1.165, 1.54) is 24.1 Å². The fraction of sp³-hybridized carbons (Fsp3) is 0.750. The molecular weight excluding hydrogens is 202 g/mol. The average Bonchev–Trinajstić information content (AvgIpc) is 2.74. The molecule has 2 rings (SSSR count). The fourth-order valence-electron chi connectivity index (χ4n) is 2.36. The summed E-state index contributed by atoms with van der Waals surface area (Å²) in [6.45, 7) is 4.57. The van der Waals surface area contributed by atoms with Gasteiger partial charge in [-0.1, -0.05) is 0 Å². The van der Waals surface area contributed by atoms with Crippen LogP contribution in [0.3, 0.4) is 0 Å². The summed E-state index contributed by atoms with van der Waals surface area (Å²) in [4.78, 5) is 0. The summed E-state index contributed by atoms with van der Waals surface area (Å²) in [6.07, 6.45) is 6.63. The maximum absolute atomic E-state index is 5.85. The van der Waals surface area contributed by atoms with Crippen molar-refractivity contribution in [1.29, 1.82) is 0 Å². The van der Waals surface area contributed by atoms with Crippen LogP contribution in [0.25, 0.3) is 0 Å². The van der Waals surface area contributed by atoms with Crippen LogP contribution in [0.2, 0.25) is 0 Å². The number of nitrogens with two attached hydrogens (primary N) is 1. The number of rotatable bonds is 4. The number of aromatic nitrogens is 2. The number of nitrogens with zero attached hydrogens (tertiary/aromatic N) is 2. The number of ether oxygens (including phenoxy) is 1. The molecule has 4 nitrogen and oxygen atoms in total. The average molecular weight is 223 g/mol. The Kier molecular flexibility index (Phi) is 3.96. The second-order valence-electron chi connectivity index (χ2n) is 4.26. The summed E-state index contributed by atoms with van der Waals surface area (Å²) in [5.74, 6) is 0. The summed E-state index contributed by atoms with van der Waals surface area (Å²) in [7, 11) is 0. The summed E-state index contributed by atoms with van der Waals surface area (Å²) >= 11 is 0. The van der Waals surface area contributed by atoms with Crippen molar-refractivity contribution in [3.05, 3.63) is 17.5 Å². The van der Waals surface area contributed by atoms with Gasteiger partial charge in [-0.25, -0.2) is 0 Å². The maximum atomic E-state index is 5.85. The van der Waals surface area contributed by atoms with Gasteiger partial charge in [-0.2, -0.15) is 5.10 Å². The Hall–Kier alpha value is -0.870. The first kappa shape index (κ1) is 11.6. The van der Waals surface area contributed by atoms with Crippen LogP contribution in [-0.4, -0.2) is 22.9 Å². The van der Waals surface area contributed by atoms with E-state index in [-0.39, 0.29) is 6.10 Å². The van der Waals surface area contributed by atoms with Gasteiger partial charge < -0.3 is 10.5 Å². The molecule has 1 unspecified atom stereocenters. The molecule has 0 aromatic carbocycles. The number of aryl methyl sites for hydroxylation is 1. The van der Waals surface area contributed by atoms with Gasteiger partial charge in [0.25, 0.3) is 0 Å². The second kappa shape index (κ2) is 5.46. The van der Waals surface area contributed by atoms with Crippen molar-refractivity contribution in [2.45, 2.75) is 45.3 Å². The van der Waals surface area contributed by atoms with Gasteiger partial charge >= 0.3 is 0 Å². The van der Waals surface area contributed by atoms with E-state index in [1.54, 1.807) is 0 Å². The zero-order valence-electron chi connectivity index (χ0n) is 9.98. The van der Waals surface area contributed by atoms with E-state index in [9.17, 15) is 0 Å². The molecule has 2 heterocycles. The Bertz CT molecular complexity index is 329. The van der Waals surface area contributed by atoms with Crippen LogP contribution in [0.5, 0.6) is 0 Å². The van der Waals surface area contributed by atoms with E-state index in [2.05, 4.69) is 16.7 Å². The summed E-state index contributed by atoms with van der Waals surface area (Å²) < 4.78 is 7.91. The molecular formula is C12H21N3O. The van der Waals surface area contributed by atoms with Crippen molar-refractivity contribution < 1.29 is 4.74 Å². The van der Waals surface area contributed by atoms with Gasteiger partial charge in [0.05, 0.1) is 18.0 Å². The molecule has 1 fully saturated rings. The summed E-state index contributed by atoms with van der Waals surface area (Å²) in [6, 6.07) is 0. The van der Waals surface area contributed by atoms with Crippen LogP contribution in [0.1, 0.15) is 43.5 Å². The minimum absolute atomic E-state index is 0.234. The molecule has 0 radical (unpaired) electrons. The zero-order valence-corrected chi connectivity index (χ0v) is 9.98. The SMILES string of the molecule is CCn1ncc(CCN)c1C1CCCCO1. The first-order chi connectivity index (χ1) is 7.86. The van der Waals surface area contributed by atoms with E-state index >= 15 is 0 Å². The third kappa shape index (κ3) is 2.28. The van der Waals surface area contributed by atoms with Gasteiger partial charge in [-0.3, -0.25) is 4.68 Å². The number of hydrogen-bond donors (Lipinski definition) is 1. The van der Waals surface area contributed by atoms with Crippen molar-refractivity contribution >= 4 is 0 Å². The van der Waals surface area contributed by atoms with Crippen molar-refractivity contribution in [2.24, 2.45) is 5.73 Å². The van der Waals surface area contributed by atoms with Crippen LogP contribution < -0.4 is 5.73 Å². The zero-order chi connectivity index (χ0) is 11.4. The van der Waals surface area contributed by atoms with Crippen molar-refractivity contribution in [2.75, 3.05) is 13.2 Å². The third-order valence-corrected chi connectivity index (χ3v) is 3.16. The number of hydrogen-bond acceptors (Lipinski definition) is 3. The monoisotopic (exact) mass is 223 g/mol. The maximum Gasteiger partial charge on any atom is 0.0994 e. The van der Waals surface area contributed by atoms with Crippen molar-refractivity contribution in [3.63, 3.8) is 0 Å². The molecule has 1 aliphatic heterocycles. The lowest BCUT2D eigenvalue weighted by Crippen LogP contribution is -2.18. The van der Waals surface area contributed by atoms with E-state index in [0.717, 1.165) is 26.0 Å². The summed E-state index contributed by atoms with van der Waals surface area (Å²) in [5.41, 5.74) is 8.15. The van der Waals surface area contributed by atoms with Crippen LogP contribution in [-0.2, 0) is 17.7 Å². The molecule has 4 heteroatoms.